The fourth-order valence-corrected chi connectivity index (χ4v) is 0.427. The molecule has 10 N–H and O–H groups in total. The van der Waals surface area contributed by atoms with E-state index in [-0.39, 0.29) is 17.8 Å². The molecule has 0 aromatic carbocycles. The van der Waals surface area contributed by atoms with Crippen molar-refractivity contribution in [2.75, 3.05) is 17.2 Å². The highest BCUT2D eigenvalue weighted by molar-refractivity contribution is 6.33. The summed E-state index contributed by atoms with van der Waals surface area (Å²) >= 11 is 0. The maximum atomic E-state index is 9.45. The zero-order valence-corrected chi connectivity index (χ0v) is 7.54. The summed E-state index contributed by atoms with van der Waals surface area (Å²) < 4.78 is 0. The van der Waals surface area contributed by atoms with Crippen LogP contribution < -0.4 is 28.7 Å². The second-order valence-corrected chi connectivity index (χ2v) is 2.14. The summed E-state index contributed by atoms with van der Waals surface area (Å²) in [6.45, 7) is 0. The van der Waals surface area contributed by atoms with Crippen LogP contribution in [0.4, 0.5) is 17.8 Å². The van der Waals surface area contributed by atoms with Gasteiger partial charge in [-0.05, 0) is 0 Å². The van der Waals surface area contributed by atoms with Crippen LogP contribution in [0, 0.1) is 0 Å². The lowest BCUT2D eigenvalue weighted by atomic mass is 10.6. The molecule has 82 valence electrons. The third kappa shape index (κ3) is 5.57. The first kappa shape index (κ1) is 12.3. The summed E-state index contributed by atoms with van der Waals surface area (Å²) in [7, 11) is 0. The number of carbonyl (C=O) groups excluding carboxylic acids is 2. The molecule has 0 fully saturated rings. The summed E-state index contributed by atoms with van der Waals surface area (Å²) in [5.74, 6) is -2.08. The van der Waals surface area contributed by atoms with E-state index in [1.165, 1.54) is 0 Å². The first-order valence-corrected chi connectivity index (χ1v) is 3.44. The number of amides is 2. The van der Waals surface area contributed by atoms with E-state index in [1.54, 1.807) is 0 Å². The monoisotopic (exact) mass is 214 g/mol. The minimum absolute atomic E-state index is 0.0417. The molecule has 0 aliphatic carbocycles. The van der Waals surface area contributed by atoms with Gasteiger partial charge in [-0.3, -0.25) is 9.59 Å². The lowest BCUT2D eigenvalue weighted by Crippen LogP contribution is -2.29. The zero-order valence-electron chi connectivity index (χ0n) is 7.54. The maximum absolute atomic E-state index is 9.45. The van der Waals surface area contributed by atoms with Gasteiger partial charge in [0, 0.05) is 0 Å². The van der Waals surface area contributed by atoms with Crippen molar-refractivity contribution in [3.63, 3.8) is 0 Å². The Hall–Kier alpha value is -2.65. The van der Waals surface area contributed by atoms with Crippen molar-refractivity contribution in [1.82, 2.24) is 15.0 Å². The first-order valence-electron chi connectivity index (χ1n) is 3.44. The molecule has 0 radical (unpaired) electrons. The molecule has 1 rings (SSSR count). The van der Waals surface area contributed by atoms with Gasteiger partial charge in [0.05, 0.1) is 0 Å². The number of anilines is 3. The summed E-state index contributed by atoms with van der Waals surface area (Å²) in [6, 6.07) is 0. The van der Waals surface area contributed by atoms with Gasteiger partial charge in [0.2, 0.25) is 17.8 Å². The smallest absolute Gasteiger partial charge is 0.306 e. The highest BCUT2D eigenvalue weighted by Crippen LogP contribution is 1.97. The van der Waals surface area contributed by atoms with Gasteiger partial charge in [-0.1, -0.05) is 0 Å². The van der Waals surface area contributed by atoms with E-state index in [2.05, 4.69) is 26.4 Å². The van der Waals surface area contributed by atoms with Gasteiger partial charge in [-0.2, -0.15) is 15.0 Å². The topological polar surface area (TPSA) is 203 Å². The predicted molar refractivity (Wildman–Crippen MR) is 51.5 cm³/mol. The molecule has 2 amide bonds. The summed E-state index contributed by atoms with van der Waals surface area (Å²) in [4.78, 5) is 29.4. The number of rotatable bonds is 0. The molecule has 1 heterocycles. The molecular formula is C5H10N8O2. The van der Waals surface area contributed by atoms with E-state index < -0.39 is 11.8 Å². The van der Waals surface area contributed by atoms with Crippen LogP contribution in [-0.2, 0) is 9.59 Å². The molecule has 0 bridgehead atoms. The molecule has 10 heteroatoms. The van der Waals surface area contributed by atoms with Crippen molar-refractivity contribution in [2.45, 2.75) is 0 Å². The number of nitrogens with two attached hydrogens (primary N) is 5. The van der Waals surface area contributed by atoms with E-state index in [0.717, 1.165) is 0 Å². The highest BCUT2D eigenvalue weighted by Gasteiger charge is 1.96. The van der Waals surface area contributed by atoms with E-state index in [9.17, 15) is 9.59 Å². The number of carbonyl (C=O) groups is 2. The minimum atomic E-state index is -1.10. The van der Waals surface area contributed by atoms with Gasteiger partial charge in [0.1, 0.15) is 0 Å². The number of nitrogens with zero attached hydrogens (tertiary/aromatic N) is 3. The van der Waals surface area contributed by atoms with Crippen LogP contribution in [0.2, 0.25) is 0 Å². The Labute approximate surface area is 83.8 Å². The molecule has 0 saturated heterocycles. The zero-order chi connectivity index (χ0) is 12.0. The van der Waals surface area contributed by atoms with Crippen molar-refractivity contribution in [1.29, 1.82) is 0 Å². The van der Waals surface area contributed by atoms with Crippen LogP contribution >= 0.6 is 0 Å². The second-order valence-electron chi connectivity index (χ2n) is 2.14. The third-order valence-corrected chi connectivity index (χ3v) is 0.930. The Morgan fingerprint density at radius 1 is 0.733 bits per heavy atom. The molecule has 10 nitrogen and oxygen atoms in total. The molecule has 0 aliphatic heterocycles. The Morgan fingerprint density at radius 2 is 0.933 bits per heavy atom. The molecule has 0 spiro atoms. The normalized spacial score (nSPS) is 8.53. The fraction of sp³-hybridized carbons (Fsp3) is 0. The fourth-order valence-electron chi connectivity index (χ4n) is 0.427. The van der Waals surface area contributed by atoms with Crippen LogP contribution in [0.5, 0.6) is 0 Å². The quantitative estimate of drug-likeness (QED) is 0.274. The van der Waals surface area contributed by atoms with Gasteiger partial charge in [0.25, 0.3) is 0 Å². The third-order valence-electron chi connectivity index (χ3n) is 0.930. The van der Waals surface area contributed by atoms with Crippen molar-refractivity contribution >= 4 is 29.7 Å². The van der Waals surface area contributed by atoms with Gasteiger partial charge in [-0.15, -0.1) is 0 Å². The van der Waals surface area contributed by atoms with Crippen molar-refractivity contribution in [3.05, 3.63) is 0 Å². The summed E-state index contributed by atoms with van der Waals surface area (Å²) in [6.07, 6.45) is 0. The molecule has 1 aromatic rings. The summed E-state index contributed by atoms with van der Waals surface area (Å²) in [5.41, 5.74) is 24.1. The van der Waals surface area contributed by atoms with E-state index in [4.69, 9.17) is 17.2 Å². The van der Waals surface area contributed by atoms with Crippen LogP contribution in [0.15, 0.2) is 0 Å². The van der Waals surface area contributed by atoms with Crippen molar-refractivity contribution in [2.24, 2.45) is 11.5 Å². The maximum Gasteiger partial charge on any atom is 0.306 e. The van der Waals surface area contributed by atoms with E-state index >= 15 is 0 Å². The van der Waals surface area contributed by atoms with Gasteiger partial charge in [0.15, 0.2) is 0 Å². The lowest BCUT2D eigenvalue weighted by Gasteiger charge is -1.93. The highest BCUT2D eigenvalue weighted by atomic mass is 16.2. The molecule has 0 aliphatic rings. The standard InChI is InChI=1S/C3H6N6.C2H4N2O2/c4-1-7-2(5)9-3(6)8-1;3-1(5)2(4)6/h(H6,4,5,6,7,8,9);(H2,3,5)(H2,4,6). The SMILES string of the molecule is NC(=O)C(N)=O.Nc1nc(N)nc(N)n1. The molecule has 15 heavy (non-hydrogen) atoms. The lowest BCUT2D eigenvalue weighted by molar-refractivity contribution is -0.135. The van der Waals surface area contributed by atoms with Gasteiger partial charge >= 0.3 is 11.8 Å². The Morgan fingerprint density at radius 3 is 1.07 bits per heavy atom. The Kier molecular flexibility index (Phi) is 4.25. The van der Waals surface area contributed by atoms with Crippen molar-refractivity contribution in [3.8, 4) is 0 Å². The minimum Gasteiger partial charge on any atom is -0.368 e. The second kappa shape index (κ2) is 5.16. The van der Waals surface area contributed by atoms with E-state index in [1.807, 2.05) is 0 Å². The van der Waals surface area contributed by atoms with E-state index in [0.29, 0.717) is 0 Å². The average molecular weight is 214 g/mol. The largest absolute Gasteiger partial charge is 0.368 e. The Bertz CT molecular complexity index is 315. The van der Waals surface area contributed by atoms with Crippen LogP contribution in [0.25, 0.3) is 0 Å². The number of hydrogen-bond acceptors (Lipinski definition) is 8. The van der Waals surface area contributed by atoms with Crippen molar-refractivity contribution < 1.29 is 9.59 Å². The molecule has 0 saturated carbocycles. The Balaban J connectivity index is 0.000000288. The van der Waals surface area contributed by atoms with Crippen LogP contribution in [-0.4, -0.2) is 26.8 Å². The van der Waals surface area contributed by atoms with Gasteiger partial charge < -0.3 is 28.7 Å². The predicted octanol–water partition coefficient (Wildman–Crippen LogP) is -3.42. The van der Waals surface area contributed by atoms with Gasteiger partial charge in [-0.25, -0.2) is 0 Å². The number of primary amides is 2. The molecular weight excluding hydrogens is 204 g/mol. The van der Waals surface area contributed by atoms with Crippen LogP contribution in [0.1, 0.15) is 0 Å². The molecule has 1 aromatic heterocycles. The number of aromatic nitrogens is 3. The summed E-state index contributed by atoms with van der Waals surface area (Å²) in [5, 5.41) is 0. The van der Waals surface area contributed by atoms with Crippen LogP contribution in [0.3, 0.4) is 0 Å². The first-order chi connectivity index (χ1) is 6.82. The average Bonchev–Trinajstić information content (AvgIpc) is 2.01. The molecule has 0 atom stereocenters. The molecule has 0 unspecified atom stereocenters. The number of hydrogen-bond donors (Lipinski definition) is 5. The number of nitrogen functional groups attached to an aromatic ring is 3.